The van der Waals surface area contributed by atoms with Crippen LogP contribution in [-0.4, -0.2) is 193 Å². The van der Waals surface area contributed by atoms with Crippen molar-refractivity contribution in [2.45, 2.75) is 272 Å². The van der Waals surface area contributed by atoms with Crippen LogP contribution in [0.4, 0.5) is 0 Å². The van der Waals surface area contributed by atoms with E-state index in [-0.39, 0.29) is 18.9 Å². The number of unbranched alkanes of at least 4 members (excludes halogenated alkanes) is 17. The van der Waals surface area contributed by atoms with Gasteiger partial charge in [-0.05, 0) is 64.2 Å². The minimum absolute atomic E-state index is 0.221. The molecule has 17 unspecified atom stereocenters. The van der Waals surface area contributed by atoms with E-state index < -0.39 is 124 Å². The van der Waals surface area contributed by atoms with Crippen LogP contribution in [0.1, 0.15) is 168 Å². The average molecular weight is 1100 g/mol. The monoisotopic (exact) mass is 1100 g/mol. The zero-order valence-electron chi connectivity index (χ0n) is 46.2. The molecule has 17 atom stereocenters. The Balaban J connectivity index is 1.54. The number of ether oxygens (including phenoxy) is 6. The van der Waals surface area contributed by atoms with Crippen LogP contribution in [0.25, 0.3) is 0 Å². The summed E-state index contributed by atoms with van der Waals surface area (Å²) in [4.78, 5) is 13.3. The van der Waals surface area contributed by atoms with Crippen molar-refractivity contribution in [1.29, 1.82) is 0 Å². The summed E-state index contributed by atoms with van der Waals surface area (Å²) in [5.41, 5.74) is 0. The van der Waals surface area contributed by atoms with Crippen LogP contribution in [0.2, 0.25) is 0 Å². The summed E-state index contributed by atoms with van der Waals surface area (Å²) in [7, 11) is 0. The third kappa shape index (κ3) is 25.9. The highest BCUT2D eigenvalue weighted by atomic mass is 16.8. The van der Waals surface area contributed by atoms with Gasteiger partial charge in [0.2, 0.25) is 5.91 Å². The Bertz CT molecular complexity index is 1650. The molecule has 19 nitrogen and oxygen atoms in total. The molecule has 446 valence electrons. The third-order valence-electron chi connectivity index (χ3n) is 14.3. The lowest BCUT2D eigenvalue weighted by Gasteiger charge is -2.48. The fraction of sp³-hybridized carbons (Fsp3) is 0.810. The fourth-order valence-corrected chi connectivity index (χ4v) is 9.51. The number of allylic oxidation sites excluding steroid dienone is 9. The van der Waals surface area contributed by atoms with Gasteiger partial charge in [-0.25, -0.2) is 0 Å². The van der Waals surface area contributed by atoms with E-state index in [0.717, 1.165) is 83.5 Å². The van der Waals surface area contributed by atoms with Crippen LogP contribution >= 0.6 is 0 Å². The summed E-state index contributed by atoms with van der Waals surface area (Å²) >= 11 is 0. The first-order valence-electron chi connectivity index (χ1n) is 29.0. The maximum atomic E-state index is 13.3. The van der Waals surface area contributed by atoms with Crippen LogP contribution in [-0.2, 0) is 33.2 Å². The van der Waals surface area contributed by atoms with Crippen molar-refractivity contribution in [3.8, 4) is 0 Å². The Morgan fingerprint density at radius 1 is 0.481 bits per heavy atom. The lowest BCUT2D eigenvalue weighted by atomic mass is 9.96. The van der Waals surface area contributed by atoms with Gasteiger partial charge >= 0.3 is 0 Å². The highest BCUT2D eigenvalue weighted by molar-refractivity contribution is 5.76. The first kappa shape index (κ1) is 68.8. The van der Waals surface area contributed by atoms with E-state index in [2.05, 4.69) is 67.8 Å². The molecule has 3 aliphatic heterocycles. The molecule has 3 saturated heterocycles. The molecule has 3 fully saturated rings. The Labute approximate surface area is 458 Å². The second-order valence-electron chi connectivity index (χ2n) is 20.7. The van der Waals surface area contributed by atoms with E-state index in [1.54, 1.807) is 6.08 Å². The number of aliphatic hydroxyl groups is 11. The fourth-order valence-electron chi connectivity index (χ4n) is 9.51. The zero-order chi connectivity index (χ0) is 56.2. The number of carbonyl (C=O) groups excluding carboxylic acids is 1. The number of hydrogen-bond donors (Lipinski definition) is 12. The highest BCUT2D eigenvalue weighted by Crippen LogP contribution is 2.33. The van der Waals surface area contributed by atoms with Crippen molar-refractivity contribution in [2.24, 2.45) is 0 Å². The Morgan fingerprint density at radius 3 is 1.45 bits per heavy atom. The van der Waals surface area contributed by atoms with Gasteiger partial charge in [0.25, 0.3) is 0 Å². The molecule has 77 heavy (non-hydrogen) atoms. The quantitative estimate of drug-likeness (QED) is 0.0297. The largest absolute Gasteiger partial charge is 0.394 e. The van der Waals surface area contributed by atoms with Gasteiger partial charge in [0.15, 0.2) is 18.9 Å². The van der Waals surface area contributed by atoms with Crippen LogP contribution in [0.3, 0.4) is 0 Å². The van der Waals surface area contributed by atoms with Crippen molar-refractivity contribution in [1.82, 2.24) is 5.32 Å². The first-order valence-corrected chi connectivity index (χ1v) is 29.0. The van der Waals surface area contributed by atoms with Crippen molar-refractivity contribution < 1.29 is 89.4 Å². The van der Waals surface area contributed by atoms with Gasteiger partial charge in [0, 0.05) is 6.42 Å². The van der Waals surface area contributed by atoms with E-state index in [4.69, 9.17) is 28.4 Å². The molecular formula is C58H101NO18. The number of aliphatic hydroxyl groups excluding tert-OH is 11. The van der Waals surface area contributed by atoms with Crippen LogP contribution in [0, 0.1) is 0 Å². The molecule has 0 saturated carbocycles. The van der Waals surface area contributed by atoms with Crippen molar-refractivity contribution in [3.05, 3.63) is 60.8 Å². The minimum atomic E-state index is -1.98. The second-order valence-corrected chi connectivity index (χ2v) is 20.7. The van der Waals surface area contributed by atoms with E-state index in [9.17, 15) is 61.0 Å². The average Bonchev–Trinajstić information content (AvgIpc) is 3.44. The molecule has 0 aromatic carbocycles. The van der Waals surface area contributed by atoms with E-state index in [1.165, 1.54) is 51.4 Å². The maximum Gasteiger partial charge on any atom is 0.220 e. The third-order valence-corrected chi connectivity index (χ3v) is 14.3. The number of amides is 1. The van der Waals surface area contributed by atoms with Crippen LogP contribution in [0.5, 0.6) is 0 Å². The molecule has 12 N–H and O–H groups in total. The molecule has 3 aliphatic rings. The molecule has 0 spiro atoms. The molecule has 0 bridgehead atoms. The van der Waals surface area contributed by atoms with Gasteiger partial charge in [-0.3, -0.25) is 4.79 Å². The molecule has 1 amide bonds. The number of hydrogen-bond acceptors (Lipinski definition) is 18. The SMILES string of the molecule is CC/C=C\C/C=C\C/C=C\CCCCCCCCCC(=O)NC(COC1OC(CO)C(OC2OC(CO)C(OC3OC(CO)C(O)C(O)C3O)C(O)C2O)C(O)C1O)C(O)/C=C/CC/C=C/CCCCCCCCCCC. The van der Waals surface area contributed by atoms with Gasteiger partial charge < -0.3 is 89.9 Å². The van der Waals surface area contributed by atoms with Crippen molar-refractivity contribution in [2.75, 3.05) is 26.4 Å². The number of carbonyl (C=O) groups is 1. The Hall–Kier alpha value is -2.51. The van der Waals surface area contributed by atoms with E-state index >= 15 is 0 Å². The molecule has 3 heterocycles. The van der Waals surface area contributed by atoms with Gasteiger partial charge in [-0.15, -0.1) is 0 Å². The van der Waals surface area contributed by atoms with Crippen molar-refractivity contribution in [3.63, 3.8) is 0 Å². The smallest absolute Gasteiger partial charge is 0.220 e. The summed E-state index contributed by atoms with van der Waals surface area (Å²) in [6, 6.07) is -0.996. The number of rotatable bonds is 41. The van der Waals surface area contributed by atoms with Crippen LogP contribution in [0.15, 0.2) is 60.8 Å². The first-order chi connectivity index (χ1) is 37.3. The standard InChI is InChI=1S/C58H101NO18/c1-3-5-7-9-11-13-15-17-19-20-22-24-26-28-30-32-34-36-46(64)59-41(42(63)35-33-31-29-27-25-23-21-18-16-14-12-10-8-6-4-2)40-72-56-52(70)49(67)54(44(38-61)74-56)77-58-53(71)50(68)55(45(39-62)75-58)76-57-51(69)48(66)47(65)43(37-60)73-57/h5,7,11,13,17,19,25,27,33,35,41-45,47-58,60-63,65-71H,3-4,6,8-10,12,14-16,18,20-24,26,28-32,34,36-40H2,1-2H3,(H,59,64)/b7-5-,13-11-,19-17-,27-25+,35-33+. The molecule has 0 aliphatic carbocycles. The number of nitrogens with one attached hydrogen (secondary N) is 1. The lowest BCUT2D eigenvalue weighted by Crippen LogP contribution is -2.66. The molecular weight excluding hydrogens is 999 g/mol. The van der Waals surface area contributed by atoms with Gasteiger partial charge in [0.05, 0.1) is 38.6 Å². The summed E-state index contributed by atoms with van der Waals surface area (Å²) < 4.78 is 34.2. The lowest BCUT2D eigenvalue weighted by molar-refractivity contribution is -0.379. The summed E-state index contributed by atoms with van der Waals surface area (Å²) in [6.45, 7) is 1.55. The second kappa shape index (κ2) is 41.5. The summed E-state index contributed by atoms with van der Waals surface area (Å²) in [6.07, 6.45) is 19.2. The summed E-state index contributed by atoms with van der Waals surface area (Å²) in [5, 5.41) is 120. The molecule has 0 radical (unpaired) electrons. The topological polar surface area (TPSA) is 307 Å². The van der Waals surface area contributed by atoms with Crippen LogP contribution < -0.4 is 5.32 Å². The zero-order valence-corrected chi connectivity index (χ0v) is 46.2. The highest BCUT2D eigenvalue weighted by Gasteiger charge is 2.53. The Kier molecular flexibility index (Phi) is 37.0. The normalized spacial score (nSPS) is 31.2. The minimum Gasteiger partial charge on any atom is -0.394 e. The summed E-state index contributed by atoms with van der Waals surface area (Å²) in [5.74, 6) is -0.299. The van der Waals surface area contributed by atoms with Gasteiger partial charge in [-0.2, -0.15) is 0 Å². The van der Waals surface area contributed by atoms with Crippen molar-refractivity contribution >= 4 is 5.91 Å². The molecule has 19 heteroatoms. The van der Waals surface area contributed by atoms with Gasteiger partial charge in [-0.1, -0.05) is 158 Å². The van der Waals surface area contributed by atoms with E-state index in [0.29, 0.717) is 12.8 Å². The maximum absolute atomic E-state index is 13.3. The molecule has 3 rings (SSSR count). The van der Waals surface area contributed by atoms with E-state index in [1.807, 2.05) is 6.08 Å². The predicted molar refractivity (Wildman–Crippen MR) is 291 cm³/mol. The predicted octanol–water partition coefficient (Wildman–Crippen LogP) is 4.48. The van der Waals surface area contributed by atoms with Gasteiger partial charge in [0.1, 0.15) is 73.2 Å². The Morgan fingerprint density at radius 2 is 0.909 bits per heavy atom. The molecule has 0 aromatic rings. The molecule has 0 aromatic heterocycles.